The maximum absolute atomic E-state index is 11.7. The van der Waals surface area contributed by atoms with Crippen molar-refractivity contribution >= 4 is 6.03 Å². The summed E-state index contributed by atoms with van der Waals surface area (Å²) in [4.78, 5) is 17.4. The van der Waals surface area contributed by atoms with Crippen molar-refractivity contribution in [1.29, 1.82) is 0 Å². The number of ether oxygens (including phenoxy) is 1. The number of methoxy groups -OCH3 is 1. The van der Waals surface area contributed by atoms with Crippen LogP contribution in [0.15, 0.2) is 24.5 Å². The second-order valence-corrected chi connectivity index (χ2v) is 3.60. The molecule has 1 heterocycles. The van der Waals surface area contributed by atoms with Crippen LogP contribution in [0.25, 0.3) is 0 Å². The zero-order chi connectivity index (χ0) is 12.5. The highest BCUT2D eigenvalue weighted by Gasteiger charge is 2.10. The summed E-state index contributed by atoms with van der Waals surface area (Å²) in [6.45, 7) is 3.57. The van der Waals surface area contributed by atoms with Gasteiger partial charge in [0, 0.05) is 32.6 Å². The number of likely N-dealkylation sites (N-methyl/N-ethyl adjacent to an activating group) is 1. The number of pyridine rings is 1. The molecule has 1 N–H and O–H groups in total. The van der Waals surface area contributed by atoms with Crippen molar-refractivity contribution in [3.63, 3.8) is 0 Å². The molecule has 1 aromatic heterocycles. The fraction of sp³-hybridized carbons (Fsp3) is 0.500. The van der Waals surface area contributed by atoms with Gasteiger partial charge >= 0.3 is 6.03 Å². The van der Waals surface area contributed by atoms with Crippen LogP contribution in [0, 0.1) is 0 Å². The summed E-state index contributed by atoms with van der Waals surface area (Å²) in [5.74, 6) is 0. The van der Waals surface area contributed by atoms with E-state index < -0.39 is 0 Å². The lowest BCUT2D eigenvalue weighted by atomic mass is 10.2. The first-order valence-electron chi connectivity index (χ1n) is 5.68. The highest BCUT2D eigenvalue weighted by molar-refractivity contribution is 5.73. The normalized spacial score (nSPS) is 10.0. The number of carbonyl (C=O) groups excluding carboxylic acids is 1. The van der Waals surface area contributed by atoms with Gasteiger partial charge in [-0.25, -0.2) is 4.79 Å². The number of urea groups is 1. The predicted octanol–water partition coefficient (Wildman–Crippen LogP) is 1.26. The SMILES string of the molecule is CCN(CCc1ccncc1)C(=O)NCOC. The van der Waals surface area contributed by atoms with Crippen molar-refractivity contribution in [2.45, 2.75) is 13.3 Å². The van der Waals surface area contributed by atoms with Gasteiger partial charge in [-0.15, -0.1) is 0 Å². The third-order valence-corrected chi connectivity index (χ3v) is 2.46. The van der Waals surface area contributed by atoms with Crippen molar-refractivity contribution < 1.29 is 9.53 Å². The predicted molar refractivity (Wildman–Crippen MR) is 65.6 cm³/mol. The zero-order valence-electron chi connectivity index (χ0n) is 10.3. The van der Waals surface area contributed by atoms with E-state index in [-0.39, 0.29) is 12.8 Å². The van der Waals surface area contributed by atoms with Crippen LogP contribution < -0.4 is 5.32 Å². The molecule has 0 aliphatic carbocycles. The molecule has 5 heteroatoms. The summed E-state index contributed by atoms with van der Waals surface area (Å²) in [5.41, 5.74) is 1.18. The Hall–Kier alpha value is -1.62. The van der Waals surface area contributed by atoms with E-state index in [0.29, 0.717) is 13.1 Å². The van der Waals surface area contributed by atoms with Crippen LogP contribution in [0.3, 0.4) is 0 Å². The summed E-state index contributed by atoms with van der Waals surface area (Å²) < 4.78 is 4.80. The van der Waals surface area contributed by atoms with E-state index in [1.54, 1.807) is 24.4 Å². The fourth-order valence-corrected chi connectivity index (χ4v) is 1.46. The lowest BCUT2D eigenvalue weighted by Gasteiger charge is -2.21. The first-order chi connectivity index (χ1) is 8.27. The molecular formula is C12H19N3O2. The van der Waals surface area contributed by atoms with Crippen LogP contribution >= 0.6 is 0 Å². The quantitative estimate of drug-likeness (QED) is 0.758. The van der Waals surface area contributed by atoms with Crippen LogP contribution in [0.4, 0.5) is 4.79 Å². The van der Waals surface area contributed by atoms with E-state index in [1.807, 2.05) is 19.1 Å². The molecule has 5 nitrogen and oxygen atoms in total. The topological polar surface area (TPSA) is 54.5 Å². The number of nitrogens with one attached hydrogen (secondary N) is 1. The van der Waals surface area contributed by atoms with Crippen LogP contribution in [0.1, 0.15) is 12.5 Å². The molecule has 17 heavy (non-hydrogen) atoms. The number of hydrogen-bond acceptors (Lipinski definition) is 3. The molecule has 0 bridgehead atoms. The Morgan fingerprint density at radius 2 is 2.18 bits per heavy atom. The lowest BCUT2D eigenvalue weighted by molar-refractivity contribution is 0.155. The van der Waals surface area contributed by atoms with E-state index >= 15 is 0 Å². The molecule has 1 rings (SSSR count). The highest BCUT2D eigenvalue weighted by Crippen LogP contribution is 2.00. The van der Waals surface area contributed by atoms with Gasteiger partial charge < -0.3 is 15.0 Å². The molecule has 0 spiro atoms. The van der Waals surface area contributed by atoms with Gasteiger partial charge in [0.1, 0.15) is 6.73 Å². The Labute approximate surface area is 102 Å². The molecule has 2 amide bonds. The minimum atomic E-state index is -0.0941. The van der Waals surface area contributed by atoms with Crippen LogP contribution in [0.5, 0.6) is 0 Å². The second-order valence-electron chi connectivity index (χ2n) is 3.60. The minimum absolute atomic E-state index is 0.0941. The van der Waals surface area contributed by atoms with Crippen molar-refractivity contribution in [2.75, 3.05) is 26.9 Å². The average Bonchev–Trinajstić information content (AvgIpc) is 2.38. The number of carbonyl (C=O) groups is 1. The van der Waals surface area contributed by atoms with Crippen molar-refractivity contribution in [1.82, 2.24) is 15.2 Å². The van der Waals surface area contributed by atoms with Gasteiger partial charge in [0.15, 0.2) is 0 Å². The van der Waals surface area contributed by atoms with Crippen LogP contribution in [-0.4, -0.2) is 42.8 Å². The molecule has 0 saturated carbocycles. The molecule has 1 aromatic rings. The molecule has 0 fully saturated rings. The summed E-state index contributed by atoms with van der Waals surface area (Å²) >= 11 is 0. The Kier molecular flexibility index (Phi) is 6.03. The summed E-state index contributed by atoms with van der Waals surface area (Å²) in [5, 5.41) is 2.67. The van der Waals surface area contributed by atoms with Crippen LogP contribution in [0.2, 0.25) is 0 Å². The van der Waals surface area contributed by atoms with E-state index in [9.17, 15) is 4.79 Å². The van der Waals surface area contributed by atoms with Crippen molar-refractivity contribution in [2.24, 2.45) is 0 Å². The van der Waals surface area contributed by atoms with Gasteiger partial charge in [0.2, 0.25) is 0 Å². The monoisotopic (exact) mass is 237 g/mol. The Bertz CT molecular complexity index is 330. The summed E-state index contributed by atoms with van der Waals surface area (Å²) in [6.07, 6.45) is 4.35. The van der Waals surface area contributed by atoms with Crippen LogP contribution in [-0.2, 0) is 11.2 Å². The molecule has 0 aliphatic rings. The maximum atomic E-state index is 11.7. The molecular weight excluding hydrogens is 218 g/mol. The van der Waals surface area contributed by atoms with E-state index in [4.69, 9.17) is 4.74 Å². The number of aromatic nitrogens is 1. The molecule has 0 saturated heterocycles. The Morgan fingerprint density at radius 3 is 2.76 bits per heavy atom. The van der Waals surface area contributed by atoms with Gasteiger partial charge in [-0.1, -0.05) is 0 Å². The van der Waals surface area contributed by atoms with E-state index in [0.717, 1.165) is 6.42 Å². The Balaban J connectivity index is 2.39. The second kappa shape index (κ2) is 7.62. The van der Waals surface area contributed by atoms with E-state index in [1.165, 1.54) is 5.56 Å². The summed E-state index contributed by atoms with van der Waals surface area (Å²) in [7, 11) is 1.55. The molecule has 94 valence electrons. The highest BCUT2D eigenvalue weighted by atomic mass is 16.5. The first-order valence-corrected chi connectivity index (χ1v) is 5.68. The van der Waals surface area contributed by atoms with Crippen molar-refractivity contribution in [3.8, 4) is 0 Å². The number of hydrogen-bond donors (Lipinski definition) is 1. The standard InChI is InChI=1S/C12H19N3O2/c1-3-15(12(16)14-10-17-2)9-6-11-4-7-13-8-5-11/h4-5,7-8H,3,6,9-10H2,1-2H3,(H,14,16). The fourth-order valence-electron chi connectivity index (χ4n) is 1.46. The van der Waals surface area contributed by atoms with Gasteiger partial charge in [-0.05, 0) is 31.0 Å². The van der Waals surface area contributed by atoms with Crippen molar-refractivity contribution in [3.05, 3.63) is 30.1 Å². The smallest absolute Gasteiger partial charge is 0.319 e. The van der Waals surface area contributed by atoms with Gasteiger partial charge in [-0.3, -0.25) is 4.98 Å². The minimum Gasteiger partial charge on any atom is -0.364 e. The third kappa shape index (κ3) is 4.82. The molecule has 0 atom stereocenters. The van der Waals surface area contributed by atoms with Gasteiger partial charge in [0.25, 0.3) is 0 Å². The number of nitrogens with zero attached hydrogens (tertiary/aromatic N) is 2. The van der Waals surface area contributed by atoms with Gasteiger partial charge in [-0.2, -0.15) is 0 Å². The first kappa shape index (κ1) is 13.4. The lowest BCUT2D eigenvalue weighted by Crippen LogP contribution is -2.41. The molecule has 0 aliphatic heterocycles. The van der Waals surface area contributed by atoms with E-state index in [2.05, 4.69) is 10.3 Å². The zero-order valence-corrected chi connectivity index (χ0v) is 10.3. The molecule has 0 aromatic carbocycles. The van der Waals surface area contributed by atoms with Gasteiger partial charge in [0.05, 0.1) is 0 Å². The summed E-state index contributed by atoms with van der Waals surface area (Å²) in [6, 6.07) is 3.82. The molecule has 0 radical (unpaired) electrons. The third-order valence-electron chi connectivity index (χ3n) is 2.46. The largest absolute Gasteiger partial charge is 0.364 e. The maximum Gasteiger partial charge on any atom is 0.319 e. The molecule has 0 unspecified atom stereocenters. The number of amides is 2. The Morgan fingerprint density at radius 1 is 1.47 bits per heavy atom. The average molecular weight is 237 g/mol. The number of rotatable bonds is 6.